The Morgan fingerprint density at radius 2 is 1.66 bits per heavy atom. The molecular weight excluding hydrogens is 573 g/mol. The first kappa shape index (κ1) is 36.8. The van der Waals surface area contributed by atoms with E-state index >= 15 is 0 Å². The normalized spacial score (nSPS) is 20.6. The van der Waals surface area contributed by atoms with Gasteiger partial charge in [-0.1, -0.05) is 113 Å². The number of nitrogens with one attached hydrogen (secondary N) is 1. The first-order chi connectivity index (χ1) is 23.1. The first-order valence-corrected chi connectivity index (χ1v) is 18.9. The second-order valence-electron chi connectivity index (χ2n) is 13.5. The highest BCUT2D eigenvalue weighted by Crippen LogP contribution is 2.31. The van der Waals surface area contributed by atoms with Crippen LogP contribution in [0.4, 0.5) is 0 Å². The molecule has 2 aliphatic heterocycles. The first-order valence-electron chi connectivity index (χ1n) is 18.9. The smallest absolute Gasteiger partial charge is 0.0515 e. The fourth-order valence-corrected chi connectivity index (χ4v) is 7.80. The van der Waals surface area contributed by atoms with Crippen molar-refractivity contribution in [2.24, 2.45) is 5.92 Å². The predicted octanol–water partition coefficient (Wildman–Crippen LogP) is 10.1. The van der Waals surface area contributed by atoms with Crippen LogP contribution in [0.15, 0.2) is 91.3 Å². The van der Waals surface area contributed by atoms with Gasteiger partial charge < -0.3 is 14.8 Å². The standard InChI is InChI=1S/C32H47N3.C9H11N.C2H6/c1-4-9-28-11-6-12-31-25(3)22-34(32(28)31)20-8-21-35-29-17-18-30(35)24-33(23-29)19-7-10-27-15-13-26(5-2)14-16-27;1-2-10-8-9-6-4-3-5-7-9;1-2/h6,11-13,15-16,22,26,29-30H,4-5,7-10,14,17-21,23-24H2,1-3H3;2-7,10H,1,8H2;1-2H3. The number of aryl methyl sites for hydroxylation is 3. The molecule has 6 rings (SSSR count). The van der Waals surface area contributed by atoms with Crippen LogP contribution in [0.5, 0.6) is 0 Å². The zero-order valence-corrected chi connectivity index (χ0v) is 30.4. The van der Waals surface area contributed by atoms with E-state index in [2.05, 4.69) is 102 Å². The molecule has 2 fully saturated rings. The summed E-state index contributed by atoms with van der Waals surface area (Å²) in [6.45, 7) is 21.6. The average Bonchev–Trinajstić information content (AvgIpc) is 3.56. The van der Waals surface area contributed by atoms with Gasteiger partial charge >= 0.3 is 0 Å². The summed E-state index contributed by atoms with van der Waals surface area (Å²) in [5.74, 6) is 0.779. The number of piperazine rings is 1. The molecule has 3 unspecified atom stereocenters. The minimum atomic E-state index is 0.779. The fraction of sp³-hybridized carbons (Fsp3) is 0.535. The number of fused-ring (bicyclic) bond motifs is 3. The summed E-state index contributed by atoms with van der Waals surface area (Å²) in [5, 5.41) is 4.48. The van der Waals surface area contributed by atoms with Gasteiger partial charge in [-0.25, -0.2) is 0 Å². The molecule has 2 bridgehead atoms. The topological polar surface area (TPSA) is 23.4 Å². The van der Waals surface area contributed by atoms with E-state index in [1.165, 1.54) is 112 Å². The molecule has 256 valence electrons. The summed E-state index contributed by atoms with van der Waals surface area (Å²) in [7, 11) is 0. The maximum Gasteiger partial charge on any atom is 0.0515 e. The highest BCUT2D eigenvalue weighted by atomic mass is 15.3. The number of allylic oxidation sites excluding steroid dienone is 4. The van der Waals surface area contributed by atoms with Crippen molar-refractivity contribution in [3.63, 3.8) is 0 Å². The van der Waals surface area contributed by atoms with Gasteiger partial charge in [-0.15, -0.1) is 0 Å². The predicted molar refractivity (Wildman–Crippen MR) is 205 cm³/mol. The minimum absolute atomic E-state index is 0.779. The van der Waals surface area contributed by atoms with Gasteiger partial charge in [-0.05, 0) is 93.6 Å². The molecule has 3 atom stereocenters. The number of hydrogen-bond acceptors (Lipinski definition) is 3. The molecule has 47 heavy (non-hydrogen) atoms. The lowest BCUT2D eigenvalue weighted by molar-refractivity contribution is 0.0647. The number of para-hydroxylation sites is 1. The Labute approximate surface area is 287 Å². The Hall–Kier alpha value is -3.08. The summed E-state index contributed by atoms with van der Waals surface area (Å²) < 4.78 is 2.56. The second-order valence-corrected chi connectivity index (χ2v) is 13.5. The molecule has 3 heterocycles. The van der Waals surface area contributed by atoms with Gasteiger partial charge in [0.25, 0.3) is 0 Å². The van der Waals surface area contributed by atoms with Crippen molar-refractivity contribution in [2.75, 3.05) is 26.2 Å². The molecule has 2 aromatic carbocycles. The van der Waals surface area contributed by atoms with E-state index in [0.717, 1.165) is 31.1 Å². The molecule has 4 nitrogen and oxygen atoms in total. The van der Waals surface area contributed by atoms with E-state index in [0.29, 0.717) is 0 Å². The quantitative estimate of drug-likeness (QED) is 0.190. The number of aromatic nitrogens is 1. The molecule has 0 amide bonds. The van der Waals surface area contributed by atoms with Gasteiger partial charge in [0.15, 0.2) is 0 Å². The molecule has 0 spiro atoms. The summed E-state index contributed by atoms with van der Waals surface area (Å²) in [4.78, 5) is 5.65. The second kappa shape index (κ2) is 19.7. The third kappa shape index (κ3) is 10.5. The molecule has 4 heteroatoms. The minimum Gasteiger partial charge on any atom is -0.387 e. The molecule has 3 aliphatic rings. The van der Waals surface area contributed by atoms with Crippen LogP contribution < -0.4 is 5.32 Å². The van der Waals surface area contributed by atoms with Gasteiger partial charge in [0.1, 0.15) is 0 Å². The van der Waals surface area contributed by atoms with Crippen LogP contribution in [0.2, 0.25) is 0 Å². The van der Waals surface area contributed by atoms with Crippen LogP contribution >= 0.6 is 0 Å². The van der Waals surface area contributed by atoms with Crippen LogP contribution in [-0.2, 0) is 19.5 Å². The van der Waals surface area contributed by atoms with E-state index in [1.54, 1.807) is 11.8 Å². The van der Waals surface area contributed by atoms with E-state index < -0.39 is 0 Å². The largest absolute Gasteiger partial charge is 0.387 e. The maximum atomic E-state index is 3.56. The van der Waals surface area contributed by atoms with Crippen LogP contribution in [0.1, 0.15) is 95.8 Å². The van der Waals surface area contributed by atoms with Gasteiger partial charge in [0.2, 0.25) is 0 Å². The van der Waals surface area contributed by atoms with Crippen LogP contribution in [0.25, 0.3) is 10.9 Å². The Morgan fingerprint density at radius 1 is 0.894 bits per heavy atom. The van der Waals surface area contributed by atoms with Crippen molar-refractivity contribution >= 4 is 10.9 Å². The summed E-state index contributed by atoms with van der Waals surface area (Å²) in [5.41, 5.74) is 7.30. The zero-order chi connectivity index (χ0) is 33.4. The molecule has 0 saturated carbocycles. The lowest BCUT2D eigenvalue weighted by atomic mass is 9.93. The summed E-state index contributed by atoms with van der Waals surface area (Å²) in [6.07, 6.45) is 23.0. The SMILES string of the molecule is C=CNCc1ccccc1.CC.CCCc1cccc2c(C)cn(CCCN3C4CCC3CN(CCCC3=CCC(CC)C=C3)C4)c12. The lowest BCUT2D eigenvalue weighted by Crippen LogP contribution is -2.54. The van der Waals surface area contributed by atoms with E-state index in [1.807, 2.05) is 32.0 Å². The maximum absolute atomic E-state index is 3.56. The molecule has 2 saturated heterocycles. The van der Waals surface area contributed by atoms with Gasteiger partial charge in [0, 0.05) is 56.4 Å². The van der Waals surface area contributed by atoms with E-state index in [4.69, 9.17) is 0 Å². The Kier molecular flexibility index (Phi) is 15.4. The molecule has 1 aromatic heterocycles. The summed E-state index contributed by atoms with van der Waals surface area (Å²) >= 11 is 0. The van der Waals surface area contributed by atoms with Crippen LogP contribution in [-0.4, -0.2) is 52.6 Å². The van der Waals surface area contributed by atoms with Crippen molar-refractivity contribution in [3.8, 4) is 0 Å². The molecule has 3 aromatic rings. The van der Waals surface area contributed by atoms with Crippen molar-refractivity contribution < 1.29 is 0 Å². The van der Waals surface area contributed by atoms with E-state index in [-0.39, 0.29) is 0 Å². The zero-order valence-electron chi connectivity index (χ0n) is 30.4. The number of likely N-dealkylation sites (tertiary alicyclic amines) is 1. The van der Waals surface area contributed by atoms with E-state index in [9.17, 15) is 0 Å². The van der Waals surface area contributed by atoms with Gasteiger partial charge in [-0.2, -0.15) is 0 Å². The van der Waals surface area contributed by atoms with Crippen LogP contribution in [0, 0.1) is 12.8 Å². The Bertz CT molecular complexity index is 1390. The average molecular weight is 637 g/mol. The Balaban J connectivity index is 0.000000354. The number of nitrogens with zero attached hydrogens (tertiary/aromatic N) is 3. The number of hydrogen-bond donors (Lipinski definition) is 1. The molecule has 0 radical (unpaired) electrons. The van der Waals surface area contributed by atoms with Crippen molar-refractivity contribution in [1.82, 2.24) is 19.7 Å². The lowest BCUT2D eigenvalue weighted by Gasteiger charge is -2.41. The van der Waals surface area contributed by atoms with Gasteiger partial charge in [-0.3, -0.25) is 4.90 Å². The van der Waals surface area contributed by atoms with Crippen LogP contribution in [0.3, 0.4) is 0 Å². The van der Waals surface area contributed by atoms with Crippen molar-refractivity contribution in [2.45, 2.75) is 118 Å². The molecule has 1 N–H and O–H groups in total. The van der Waals surface area contributed by atoms with Crippen molar-refractivity contribution in [1.29, 1.82) is 0 Å². The number of rotatable bonds is 14. The van der Waals surface area contributed by atoms with Gasteiger partial charge in [0.05, 0.1) is 5.52 Å². The highest BCUT2D eigenvalue weighted by Gasteiger charge is 2.39. The number of benzene rings is 2. The molecular formula is C43H64N4. The third-order valence-electron chi connectivity index (χ3n) is 10.2. The summed E-state index contributed by atoms with van der Waals surface area (Å²) in [6, 6.07) is 18.7. The monoisotopic (exact) mass is 637 g/mol. The highest BCUT2D eigenvalue weighted by molar-refractivity contribution is 5.86. The third-order valence-corrected chi connectivity index (χ3v) is 10.2. The Morgan fingerprint density at radius 3 is 2.32 bits per heavy atom. The molecule has 1 aliphatic carbocycles. The fourth-order valence-electron chi connectivity index (χ4n) is 7.80. The van der Waals surface area contributed by atoms with Crippen molar-refractivity contribution in [3.05, 3.63) is 108 Å².